The summed E-state index contributed by atoms with van der Waals surface area (Å²) >= 11 is 0. The van der Waals surface area contributed by atoms with Crippen molar-refractivity contribution in [1.82, 2.24) is 0 Å². The monoisotopic (exact) mass is 230 g/mol. The van der Waals surface area contributed by atoms with Gasteiger partial charge >= 0.3 is 0 Å². The van der Waals surface area contributed by atoms with Gasteiger partial charge in [0, 0.05) is 6.42 Å². The lowest BCUT2D eigenvalue weighted by Gasteiger charge is -2.25. The van der Waals surface area contributed by atoms with Gasteiger partial charge in [-0.05, 0) is 25.8 Å². The van der Waals surface area contributed by atoms with E-state index in [0.717, 1.165) is 24.8 Å². The summed E-state index contributed by atoms with van der Waals surface area (Å²) in [4.78, 5) is 0. The van der Waals surface area contributed by atoms with Gasteiger partial charge in [-0.1, -0.05) is 49.6 Å². The lowest BCUT2D eigenvalue weighted by molar-refractivity contribution is 0.0880. The second-order valence-corrected chi connectivity index (χ2v) is 4.94. The van der Waals surface area contributed by atoms with Crippen LogP contribution in [0.5, 0.6) is 0 Å². The summed E-state index contributed by atoms with van der Waals surface area (Å²) in [5, 5.41) is 10.3. The molecule has 1 rings (SSSR count). The van der Waals surface area contributed by atoms with E-state index in [-0.39, 0.29) is 0 Å². The van der Waals surface area contributed by atoms with Crippen molar-refractivity contribution >= 4 is 0 Å². The molecule has 0 saturated carbocycles. The Balaban J connectivity index is 2.72. The maximum absolute atomic E-state index is 10.3. The Bertz CT molecular complexity index is 381. The van der Waals surface area contributed by atoms with Crippen LogP contribution in [0.4, 0.5) is 0 Å². The van der Waals surface area contributed by atoms with Crippen LogP contribution in [-0.2, 0) is 0 Å². The van der Waals surface area contributed by atoms with Crippen LogP contribution in [0, 0.1) is 17.3 Å². The van der Waals surface area contributed by atoms with E-state index in [9.17, 15) is 5.11 Å². The van der Waals surface area contributed by atoms with Gasteiger partial charge in [0.25, 0.3) is 0 Å². The molecule has 1 nitrogen and oxygen atoms in total. The molecule has 1 N–H and O–H groups in total. The van der Waals surface area contributed by atoms with Crippen LogP contribution >= 0.6 is 0 Å². The summed E-state index contributed by atoms with van der Waals surface area (Å²) in [7, 11) is 0. The van der Waals surface area contributed by atoms with Crippen molar-refractivity contribution in [3.05, 3.63) is 35.9 Å². The zero-order valence-corrected chi connectivity index (χ0v) is 11.0. The number of aliphatic hydroxyl groups excluding tert-OH is 1. The lowest BCUT2D eigenvalue weighted by atomic mass is 9.83. The normalized spacial score (nSPS) is 12.7. The van der Waals surface area contributed by atoms with Gasteiger partial charge in [-0.25, -0.2) is 0 Å². The molecule has 1 atom stereocenters. The smallest absolute Gasteiger partial charge is 0.0950 e. The zero-order chi connectivity index (χ0) is 12.7. The van der Waals surface area contributed by atoms with Crippen molar-refractivity contribution in [3.63, 3.8) is 0 Å². The van der Waals surface area contributed by atoms with E-state index in [4.69, 9.17) is 0 Å². The Hall–Kier alpha value is -1.26. The van der Waals surface area contributed by atoms with Gasteiger partial charge in [0.15, 0.2) is 0 Å². The molecule has 0 spiro atoms. The topological polar surface area (TPSA) is 20.2 Å². The molecular weight excluding hydrogens is 208 g/mol. The fourth-order valence-corrected chi connectivity index (χ4v) is 1.68. The Morgan fingerprint density at radius 1 is 1.24 bits per heavy atom. The first kappa shape index (κ1) is 13.8. The molecule has 17 heavy (non-hydrogen) atoms. The van der Waals surface area contributed by atoms with Crippen molar-refractivity contribution in [1.29, 1.82) is 0 Å². The van der Waals surface area contributed by atoms with Crippen molar-refractivity contribution in [3.8, 4) is 11.8 Å². The van der Waals surface area contributed by atoms with Gasteiger partial charge in [0.05, 0.1) is 11.5 Å². The first-order valence-electron chi connectivity index (χ1n) is 6.31. The van der Waals surface area contributed by atoms with Crippen LogP contribution in [0.25, 0.3) is 0 Å². The molecule has 0 aliphatic heterocycles. The van der Waals surface area contributed by atoms with Crippen LogP contribution in [-0.4, -0.2) is 5.11 Å². The molecule has 0 fully saturated rings. The molecule has 1 aromatic rings. The summed E-state index contributed by atoms with van der Waals surface area (Å²) < 4.78 is 0. The van der Waals surface area contributed by atoms with Gasteiger partial charge in [-0.2, -0.15) is 0 Å². The SMILES string of the molecule is CCCCC#CC(C)(C)C(O)c1ccccc1. The van der Waals surface area contributed by atoms with E-state index >= 15 is 0 Å². The van der Waals surface area contributed by atoms with Gasteiger partial charge in [0.2, 0.25) is 0 Å². The van der Waals surface area contributed by atoms with Gasteiger partial charge < -0.3 is 5.11 Å². The molecule has 0 amide bonds. The third-order valence-corrected chi connectivity index (χ3v) is 2.86. The lowest BCUT2D eigenvalue weighted by Crippen LogP contribution is -2.20. The van der Waals surface area contributed by atoms with Crippen LogP contribution in [0.3, 0.4) is 0 Å². The average Bonchev–Trinajstić information content (AvgIpc) is 2.35. The first-order valence-corrected chi connectivity index (χ1v) is 6.31. The molecule has 92 valence electrons. The number of unbranched alkanes of at least 4 members (excludes halogenated alkanes) is 2. The fourth-order valence-electron chi connectivity index (χ4n) is 1.68. The van der Waals surface area contributed by atoms with Crippen molar-refractivity contribution in [2.24, 2.45) is 5.41 Å². The van der Waals surface area contributed by atoms with E-state index in [1.807, 2.05) is 44.2 Å². The second-order valence-electron chi connectivity index (χ2n) is 4.94. The Kier molecular flexibility index (Phi) is 5.25. The molecule has 0 saturated heterocycles. The molecule has 0 aliphatic rings. The molecule has 0 heterocycles. The van der Waals surface area contributed by atoms with Gasteiger partial charge in [-0.15, -0.1) is 5.92 Å². The summed E-state index contributed by atoms with van der Waals surface area (Å²) in [5.74, 6) is 6.36. The average molecular weight is 230 g/mol. The predicted molar refractivity (Wildman–Crippen MR) is 72.5 cm³/mol. The highest BCUT2D eigenvalue weighted by molar-refractivity contribution is 5.23. The van der Waals surface area contributed by atoms with Gasteiger partial charge in [0.1, 0.15) is 0 Å². The van der Waals surface area contributed by atoms with Crippen molar-refractivity contribution in [2.75, 3.05) is 0 Å². The predicted octanol–water partition coefficient (Wildman–Crippen LogP) is 3.94. The number of hydrogen-bond donors (Lipinski definition) is 1. The summed E-state index contributed by atoms with van der Waals surface area (Å²) in [5.41, 5.74) is 0.539. The van der Waals surface area contributed by atoms with E-state index in [0.29, 0.717) is 0 Å². The minimum Gasteiger partial charge on any atom is -0.387 e. The molecule has 1 aromatic carbocycles. The highest BCUT2D eigenvalue weighted by Gasteiger charge is 2.26. The van der Waals surface area contributed by atoms with Crippen LogP contribution in [0.1, 0.15) is 51.7 Å². The van der Waals surface area contributed by atoms with Crippen LogP contribution in [0.15, 0.2) is 30.3 Å². The quantitative estimate of drug-likeness (QED) is 0.613. The minimum absolute atomic E-state index is 0.394. The molecule has 0 aliphatic carbocycles. The van der Waals surface area contributed by atoms with Gasteiger partial charge in [-0.3, -0.25) is 0 Å². The highest BCUT2D eigenvalue weighted by atomic mass is 16.3. The highest BCUT2D eigenvalue weighted by Crippen LogP contribution is 2.32. The van der Waals surface area contributed by atoms with E-state index in [1.54, 1.807) is 0 Å². The maximum Gasteiger partial charge on any atom is 0.0950 e. The third kappa shape index (κ3) is 4.24. The van der Waals surface area contributed by atoms with Crippen LogP contribution in [0.2, 0.25) is 0 Å². The molecule has 0 aromatic heterocycles. The largest absolute Gasteiger partial charge is 0.387 e. The molecule has 0 radical (unpaired) electrons. The van der Waals surface area contributed by atoms with Crippen molar-refractivity contribution < 1.29 is 5.11 Å². The minimum atomic E-state index is -0.530. The maximum atomic E-state index is 10.3. The Labute approximate surface area is 105 Å². The Morgan fingerprint density at radius 2 is 1.88 bits per heavy atom. The number of benzene rings is 1. The number of rotatable bonds is 4. The summed E-state index contributed by atoms with van der Waals surface area (Å²) in [6.07, 6.45) is 2.68. The molecular formula is C16H22O. The number of hydrogen-bond acceptors (Lipinski definition) is 1. The number of aliphatic hydroxyl groups is 1. The summed E-state index contributed by atoms with van der Waals surface area (Å²) in [6.45, 7) is 6.14. The van der Waals surface area contributed by atoms with E-state index in [2.05, 4.69) is 18.8 Å². The zero-order valence-electron chi connectivity index (χ0n) is 11.0. The van der Waals surface area contributed by atoms with Crippen molar-refractivity contribution in [2.45, 2.75) is 46.1 Å². The fraction of sp³-hybridized carbons (Fsp3) is 0.500. The molecule has 0 bridgehead atoms. The Morgan fingerprint density at radius 3 is 2.47 bits per heavy atom. The van der Waals surface area contributed by atoms with E-state index < -0.39 is 11.5 Å². The summed E-state index contributed by atoms with van der Waals surface area (Å²) in [6, 6.07) is 9.73. The van der Waals surface area contributed by atoms with Crippen LogP contribution < -0.4 is 0 Å². The first-order chi connectivity index (χ1) is 8.08. The second kappa shape index (κ2) is 6.47. The molecule has 1 unspecified atom stereocenters. The third-order valence-electron chi connectivity index (χ3n) is 2.86. The van der Waals surface area contributed by atoms with E-state index in [1.165, 1.54) is 0 Å². The standard InChI is InChI=1S/C16H22O/c1-4-5-6-10-13-16(2,3)15(17)14-11-8-7-9-12-14/h7-9,11-12,15,17H,4-6H2,1-3H3. The molecule has 1 heteroatoms.